The molecule has 1 saturated heterocycles. The molecule has 4 rings (SSSR count). The van der Waals surface area contributed by atoms with Gasteiger partial charge in [-0.05, 0) is 31.0 Å². The third kappa shape index (κ3) is 3.34. The Morgan fingerprint density at radius 3 is 2.67 bits per heavy atom. The average Bonchev–Trinajstić information content (AvgIpc) is 2.95. The highest BCUT2D eigenvalue weighted by Crippen LogP contribution is 2.33. The lowest BCUT2D eigenvalue weighted by molar-refractivity contribution is 0.171. The standard InChI is InChI=1S/C20H24N2O2/c1-15-11-18(14-22(15)13-16-5-3-2-4-6-16)21-17-7-8-19-20(12-17)24-10-9-23-19/h2-8,12,15,18,21H,9-11,13-14H2,1H3/t15-,18-/m1/s1. The van der Waals surface area contributed by atoms with Gasteiger partial charge in [-0.1, -0.05) is 30.3 Å². The van der Waals surface area contributed by atoms with Gasteiger partial charge in [0.05, 0.1) is 0 Å². The summed E-state index contributed by atoms with van der Waals surface area (Å²) in [5, 5.41) is 3.66. The van der Waals surface area contributed by atoms with Crippen LogP contribution in [0.4, 0.5) is 5.69 Å². The van der Waals surface area contributed by atoms with E-state index in [4.69, 9.17) is 9.47 Å². The Labute approximate surface area is 143 Å². The van der Waals surface area contributed by atoms with E-state index in [1.54, 1.807) is 0 Å². The van der Waals surface area contributed by atoms with Gasteiger partial charge in [-0.2, -0.15) is 0 Å². The van der Waals surface area contributed by atoms with Crippen LogP contribution in [-0.2, 0) is 6.54 Å². The smallest absolute Gasteiger partial charge is 0.163 e. The van der Waals surface area contributed by atoms with Gasteiger partial charge in [-0.15, -0.1) is 0 Å². The van der Waals surface area contributed by atoms with Gasteiger partial charge in [-0.25, -0.2) is 0 Å². The van der Waals surface area contributed by atoms with E-state index in [-0.39, 0.29) is 0 Å². The Balaban J connectivity index is 1.39. The van der Waals surface area contributed by atoms with Crippen LogP contribution in [0.15, 0.2) is 48.5 Å². The Kier molecular flexibility index (Phi) is 4.30. The van der Waals surface area contributed by atoms with E-state index in [1.807, 2.05) is 6.07 Å². The van der Waals surface area contributed by atoms with Crippen LogP contribution in [0.1, 0.15) is 18.9 Å². The zero-order valence-electron chi connectivity index (χ0n) is 14.1. The summed E-state index contributed by atoms with van der Waals surface area (Å²) in [5.74, 6) is 1.69. The molecular weight excluding hydrogens is 300 g/mol. The molecule has 2 aliphatic heterocycles. The van der Waals surface area contributed by atoms with Gasteiger partial charge in [0.2, 0.25) is 0 Å². The summed E-state index contributed by atoms with van der Waals surface area (Å²) in [7, 11) is 0. The predicted molar refractivity (Wildman–Crippen MR) is 95.8 cm³/mol. The highest BCUT2D eigenvalue weighted by Gasteiger charge is 2.29. The molecule has 0 bridgehead atoms. The molecule has 0 amide bonds. The van der Waals surface area contributed by atoms with Crippen LogP contribution in [0.5, 0.6) is 11.5 Å². The fourth-order valence-electron chi connectivity index (χ4n) is 3.61. The van der Waals surface area contributed by atoms with Crippen molar-refractivity contribution >= 4 is 5.69 Å². The van der Waals surface area contributed by atoms with Crippen molar-refractivity contribution in [2.45, 2.75) is 32.0 Å². The lowest BCUT2D eigenvalue weighted by atomic mass is 10.1. The van der Waals surface area contributed by atoms with Gasteiger partial charge in [0, 0.05) is 36.9 Å². The van der Waals surface area contributed by atoms with E-state index in [0.717, 1.165) is 36.7 Å². The first-order chi connectivity index (χ1) is 11.8. The molecule has 1 fully saturated rings. The van der Waals surface area contributed by atoms with Crippen molar-refractivity contribution in [2.24, 2.45) is 0 Å². The summed E-state index contributed by atoms with van der Waals surface area (Å²) in [5.41, 5.74) is 2.49. The molecule has 2 aromatic rings. The third-order valence-corrected chi connectivity index (χ3v) is 4.85. The molecule has 4 nitrogen and oxygen atoms in total. The number of hydrogen-bond donors (Lipinski definition) is 1. The molecule has 1 N–H and O–H groups in total. The van der Waals surface area contributed by atoms with Crippen LogP contribution in [0.25, 0.3) is 0 Å². The zero-order chi connectivity index (χ0) is 16.4. The first-order valence-electron chi connectivity index (χ1n) is 8.72. The lowest BCUT2D eigenvalue weighted by Gasteiger charge is -2.21. The van der Waals surface area contributed by atoms with Gasteiger partial charge < -0.3 is 14.8 Å². The number of nitrogens with zero attached hydrogens (tertiary/aromatic N) is 1. The monoisotopic (exact) mass is 324 g/mol. The van der Waals surface area contributed by atoms with E-state index >= 15 is 0 Å². The fraction of sp³-hybridized carbons (Fsp3) is 0.400. The molecule has 0 radical (unpaired) electrons. The highest BCUT2D eigenvalue weighted by atomic mass is 16.6. The summed E-state index contributed by atoms with van der Waals surface area (Å²) in [6, 6.07) is 17.9. The van der Waals surface area contributed by atoms with E-state index in [2.05, 4.69) is 59.6 Å². The number of hydrogen-bond acceptors (Lipinski definition) is 4. The molecule has 126 valence electrons. The molecule has 0 aromatic heterocycles. The van der Waals surface area contributed by atoms with Crippen molar-refractivity contribution < 1.29 is 9.47 Å². The largest absolute Gasteiger partial charge is 0.486 e. The van der Waals surface area contributed by atoms with Gasteiger partial charge in [0.1, 0.15) is 13.2 Å². The summed E-state index contributed by atoms with van der Waals surface area (Å²) in [4.78, 5) is 2.55. The van der Waals surface area contributed by atoms with Crippen molar-refractivity contribution in [3.8, 4) is 11.5 Å². The van der Waals surface area contributed by atoms with Gasteiger partial charge in [0.25, 0.3) is 0 Å². The van der Waals surface area contributed by atoms with Crippen LogP contribution < -0.4 is 14.8 Å². The quantitative estimate of drug-likeness (QED) is 0.933. The number of ether oxygens (including phenoxy) is 2. The number of likely N-dealkylation sites (tertiary alicyclic amines) is 1. The number of rotatable bonds is 4. The average molecular weight is 324 g/mol. The summed E-state index contributed by atoms with van der Waals surface area (Å²) in [6.07, 6.45) is 1.15. The molecule has 4 heteroatoms. The van der Waals surface area contributed by atoms with E-state index in [0.29, 0.717) is 25.3 Å². The van der Waals surface area contributed by atoms with Crippen LogP contribution in [0.3, 0.4) is 0 Å². The Hall–Kier alpha value is -2.20. The Bertz CT molecular complexity index is 689. The summed E-state index contributed by atoms with van der Waals surface area (Å²) in [6.45, 7) is 5.65. The van der Waals surface area contributed by atoms with Crippen LogP contribution in [0.2, 0.25) is 0 Å². The van der Waals surface area contributed by atoms with Crippen molar-refractivity contribution in [3.05, 3.63) is 54.1 Å². The minimum Gasteiger partial charge on any atom is -0.486 e. The number of anilines is 1. The summed E-state index contributed by atoms with van der Waals surface area (Å²) >= 11 is 0. The van der Waals surface area contributed by atoms with Crippen molar-refractivity contribution in [1.82, 2.24) is 4.90 Å². The van der Waals surface area contributed by atoms with Crippen LogP contribution in [-0.4, -0.2) is 36.7 Å². The fourth-order valence-corrected chi connectivity index (χ4v) is 3.61. The second kappa shape index (κ2) is 6.73. The Morgan fingerprint density at radius 2 is 1.83 bits per heavy atom. The molecule has 0 saturated carbocycles. The molecule has 2 aliphatic rings. The molecule has 0 aliphatic carbocycles. The second-order valence-corrected chi connectivity index (χ2v) is 6.70. The summed E-state index contributed by atoms with van der Waals surface area (Å²) < 4.78 is 11.3. The molecular formula is C20H24N2O2. The normalized spacial score (nSPS) is 23.2. The van der Waals surface area contributed by atoms with E-state index < -0.39 is 0 Å². The minimum atomic E-state index is 0.464. The lowest BCUT2D eigenvalue weighted by Crippen LogP contribution is -2.28. The molecule has 2 atom stereocenters. The van der Waals surface area contributed by atoms with Crippen LogP contribution >= 0.6 is 0 Å². The maximum Gasteiger partial charge on any atom is 0.163 e. The SMILES string of the molecule is C[C@@H]1C[C@@H](Nc2ccc3c(c2)OCCO3)CN1Cc1ccccc1. The van der Waals surface area contributed by atoms with Gasteiger partial charge in [-0.3, -0.25) is 4.90 Å². The van der Waals surface area contributed by atoms with Gasteiger partial charge >= 0.3 is 0 Å². The first-order valence-corrected chi connectivity index (χ1v) is 8.72. The topological polar surface area (TPSA) is 33.7 Å². The molecule has 24 heavy (non-hydrogen) atoms. The van der Waals surface area contributed by atoms with Crippen LogP contribution in [0, 0.1) is 0 Å². The highest BCUT2D eigenvalue weighted by molar-refractivity contribution is 5.55. The van der Waals surface area contributed by atoms with Crippen molar-refractivity contribution in [2.75, 3.05) is 25.1 Å². The number of nitrogens with one attached hydrogen (secondary N) is 1. The first kappa shape index (κ1) is 15.3. The zero-order valence-corrected chi connectivity index (χ0v) is 14.1. The second-order valence-electron chi connectivity index (χ2n) is 6.70. The van der Waals surface area contributed by atoms with Crippen molar-refractivity contribution in [3.63, 3.8) is 0 Å². The van der Waals surface area contributed by atoms with E-state index in [9.17, 15) is 0 Å². The predicted octanol–water partition coefficient (Wildman–Crippen LogP) is 3.53. The molecule has 0 spiro atoms. The minimum absolute atomic E-state index is 0.464. The third-order valence-electron chi connectivity index (χ3n) is 4.85. The number of fused-ring (bicyclic) bond motifs is 1. The van der Waals surface area contributed by atoms with Gasteiger partial charge in [0.15, 0.2) is 11.5 Å². The maximum atomic E-state index is 5.67. The van der Waals surface area contributed by atoms with E-state index in [1.165, 1.54) is 5.56 Å². The Morgan fingerprint density at radius 1 is 1.04 bits per heavy atom. The molecule has 0 unspecified atom stereocenters. The maximum absolute atomic E-state index is 5.67. The molecule has 2 aromatic carbocycles. The van der Waals surface area contributed by atoms with Crippen molar-refractivity contribution in [1.29, 1.82) is 0 Å². The molecule has 2 heterocycles. The number of benzene rings is 2.